The number of nitrogens with one attached hydrogen (secondary N) is 2. The van der Waals surface area contributed by atoms with E-state index in [-0.39, 0.29) is 24.0 Å². The monoisotopic (exact) mass is 516 g/mol. The molecule has 0 fully saturated rings. The Bertz CT molecular complexity index is 723. The maximum atomic E-state index is 5.92. The summed E-state index contributed by atoms with van der Waals surface area (Å²) in [6, 6.07) is 16.0. The highest BCUT2D eigenvalue weighted by atomic mass is 127. The summed E-state index contributed by atoms with van der Waals surface area (Å²) in [4.78, 5) is 6.38. The molecule has 0 spiro atoms. The van der Waals surface area contributed by atoms with E-state index in [9.17, 15) is 0 Å². The summed E-state index contributed by atoms with van der Waals surface area (Å²) >= 11 is 5.92. The number of rotatable bonds is 9. The van der Waals surface area contributed by atoms with Crippen molar-refractivity contribution in [2.45, 2.75) is 13.0 Å². The van der Waals surface area contributed by atoms with Crippen LogP contribution in [0.5, 0.6) is 5.75 Å². The summed E-state index contributed by atoms with van der Waals surface area (Å²) in [6.07, 6.45) is 0.910. The van der Waals surface area contributed by atoms with Gasteiger partial charge in [-0.05, 0) is 55.9 Å². The molecule has 0 aliphatic heterocycles. The third kappa shape index (κ3) is 9.61. The van der Waals surface area contributed by atoms with E-state index >= 15 is 0 Å². The molecule has 2 aromatic rings. The first-order chi connectivity index (χ1) is 13.1. The first-order valence-electron chi connectivity index (χ1n) is 9.12. The molecule has 28 heavy (non-hydrogen) atoms. The second-order valence-corrected chi connectivity index (χ2v) is 6.96. The molecule has 0 amide bonds. The van der Waals surface area contributed by atoms with Gasteiger partial charge in [-0.15, -0.1) is 24.0 Å². The van der Waals surface area contributed by atoms with Crippen LogP contribution in [0.2, 0.25) is 5.02 Å². The minimum absolute atomic E-state index is 0. The lowest BCUT2D eigenvalue weighted by molar-refractivity contribution is 0.261. The molecule has 0 aliphatic carbocycles. The molecule has 2 rings (SSSR count). The fourth-order valence-corrected chi connectivity index (χ4v) is 2.60. The molecule has 0 aromatic heterocycles. The lowest BCUT2D eigenvalue weighted by Gasteiger charge is -2.14. The van der Waals surface area contributed by atoms with E-state index in [4.69, 9.17) is 16.3 Å². The normalized spacial score (nSPS) is 11.1. The van der Waals surface area contributed by atoms with Gasteiger partial charge in [0.2, 0.25) is 0 Å². The van der Waals surface area contributed by atoms with Gasteiger partial charge in [0.25, 0.3) is 0 Å². The molecule has 2 aromatic carbocycles. The minimum atomic E-state index is 0. The first kappa shape index (κ1) is 24.5. The fourth-order valence-electron chi connectivity index (χ4n) is 2.47. The van der Waals surface area contributed by atoms with Crippen LogP contribution in [0.4, 0.5) is 0 Å². The number of benzene rings is 2. The molecular formula is C21H30ClIN4O. The third-order valence-corrected chi connectivity index (χ3v) is 4.26. The van der Waals surface area contributed by atoms with Crippen molar-refractivity contribution in [3.63, 3.8) is 0 Å². The molecule has 0 bridgehead atoms. The minimum Gasteiger partial charge on any atom is -0.492 e. The van der Waals surface area contributed by atoms with Gasteiger partial charge >= 0.3 is 0 Å². The Kier molecular flexibility index (Phi) is 11.9. The van der Waals surface area contributed by atoms with Gasteiger partial charge in [0, 0.05) is 31.7 Å². The molecule has 0 aliphatic rings. The van der Waals surface area contributed by atoms with E-state index in [1.54, 1.807) is 7.05 Å². The standard InChI is InChI=1S/C21H29ClN4O.HI/c1-23-21(24-12-11-17-7-9-19(22)10-8-17)25-16-18-5-4-6-20(15-18)27-14-13-26(2)3;/h4-10,15H,11-14,16H2,1-3H3,(H2,23,24,25);1H. The molecular weight excluding hydrogens is 487 g/mol. The number of aliphatic imine (C=N–C) groups is 1. The van der Waals surface area contributed by atoms with Crippen molar-refractivity contribution in [1.82, 2.24) is 15.5 Å². The average Bonchev–Trinajstić information content (AvgIpc) is 2.66. The van der Waals surface area contributed by atoms with E-state index in [1.165, 1.54) is 5.56 Å². The average molecular weight is 517 g/mol. The summed E-state index contributed by atoms with van der Waals surface area (Å²) in [5.41, 5.74) is 2.39. The van der Waals surface area contributed by atoms with Gasteiger partial charge in [0.1, 0.15) is 12.4 Å². The van der Waals surface area contributed by atoms with E-state index in [0.717, 1.165) is 41.8 Å². The molecule has 0 unspecified atom stereocenters. The van der Waals surface area contributed by atoms with Crippen LogP contribution in [0, 0.1) is 0 Å². The predicted octanol–water partition coefficient (Wildman–Crippen LogP) is 3.81. The Labute approximate surface area is 190 Å². The van der Waals surface area contributed by atoms with Gasteiger partial charge in [0.15, 0.2) is 5.96 Å². The van der Waals surface area contributed by atoms with Crippen molar-refractivity contribution in [2.75, 3.05) is 40.8 Å². The zero-order chi connectivity index (χ0) is 19.5. The number of guanidine groups is 1. The smallest absolute Gasteiger partial charge is 0.191 e. The van der Waals surface area contributed by atoms with E-state index in [1.807, 2.05) is 50.5 Å². The van der Waals surface area contributed by atoms with Crippen molar-refractivity contribution in [3.8, 4) is 5.75 Å². The predicted molar refractivity (Wildman–Crippen MR) is 129 cm³/mol. The van der Waals surface area contributed by atoms with Crippen LogP contribution in [0.3, 0.4) is 0 Å². The number of hydrogen-bond donors (Lipinski definition) is 2. The zero-order valence-corrected chi connectivity index (χ0v) is 19.8. The second-order valence-electron chi connectivity index (χ2n) is 6.53. The van der Waals surface area contributed by atoms with Crippen LogP contribution in [-0.4, -0.2) is 51.7 Å². The van der Waals surface area contributed by atoms with Crippen LogP contribution < -0.4 is 15.4 Å². The Morgan fingerprint density at radius 1 is 1.07 bits per heavy atom. The molecule has 2 N–H and O–H groups in total. The highest BCUT2D eigenvalue weighted by molar-refractivity contribution is 14.0. The van der Waals surface area contributed by atoms with E-state index in [0.29, 0.717) is 13.2 Å². The van der Waals surface area contributed by atoms with Gasteiger partial charge in [-0.1, -0.05) is 35.9 Å². The summed E-state index contributed by atoms with van der Waals surface area (Å²) in [5, 5.41) is 7.43. The summed E-state index contributed by atoms with van der Waals surface area (Å²) < 4.78 is 5.79. The second kappa shape index (κ2) is 13.6. The van der Waals surface area contributed by atoms with Crippen molar-refractivity contribution in [3.05, 3.63) is 64.7 Å². The Hall–Kier alpha value is -1.51. The maximum Gasteiger partial charge on any atom is 0.191 e. The van der Waals surface area contributed by atoms with Crippen molar-refractivity contribution >= 4 is 41.5 Å². The largest absolute Gasteiger partial charge is 0.492 e. The zero-order valence-electron chi connectivity index (χ0n) is 16.7. The molecule has 0 radical (unpaired) electrons. The van der Waals surface area contributed by atoms with Gasteiger partial charge < -0.3 is 20.3 Å². The van der Waals surface area contributed by atoms with Crippen LogP contribution in [-0.2, 0) is 13.0 Å². The summed E-state index contributed by atoms with van der Waals surface area (Å²) in [7, 11) is 5.85. The molecule has 0 heterocycles. The lowest BCUT2D eigenvalue weighted by atomic mass is 10.1. The molecule has 154 valence electrons. The Morgan fingerprint density at radius 3 is 2.50 bits per heavy atom. The molecule has 7 heteroatoms. The van der Waals surface area contributed by atoms with Crippen LogP contribution >= 0.6 is 35.6 Å². The molecule has 0 saturated heterocycles. The highest BCUT2D eigenvalue weighted by Gasteiger charge is 2.01. The maximum absolute atomic E-state index is 5.92. The van der Waals surface area contributed by atoms with Crippen molar-refractivity contribution in [1.29, 1.82) is 0 Å². The summed E-state index contributed by atoms with van der Waals surface area (Å²) in [5.74, 6) is 1.67. The Balaban J connectivity index is 0.00000392. The lowest BCUT2D eigenvalue weighted by Crippen LogP contribution is -2.37. The van der Waals surface area contributed by atoms with Crippen LogP contribution in [0.25, 0.3) is 0 Å². The number of nitrogens with zero attached hydrogens (tertiary/aromatic N) is 2. The number of halogens is 2. The molecule has 5 nitrogen and oxygen atoms in total. The van der Waals surface area contributed by atoms with Gasteiger partial charge in [0.05, 0.1) is 0 Å². The quantitative estimate of drug-likeness (QED) is 0.302. The number of likely N-dealkylation sites (N-methyl/N-ethyl adjacent to an activating group) is 1. The third-order valence-electron chi connectivity index (χ3n) is 4.01. The van der Waals surface area contributed by atoms with Gasteiger partial charge in [-0.25, -0.2) is 0 Å². The van der Waals surface area contributed by atoms with Gasteiger partial charge in [-0.3, -0.25) is 4.99 Å². The highest BCUT2D eigenvalue weighted by Crippen LogP contribution is 2.13. The van der Waals surface area contributed by atoms with Gasteiger partial charge in [-0.2, -0.15) is 0 Å². The fraction of sp³-hybridized carbons (Fsp3) is 0.381. The van der Waals surface area contributed by atoms with E-state index in [2.05, 4.69) is 32.7 Å². The number of ether oxygens (including phenoxy) is 1. The molecule has 0 saturated carbocycles. The number of hydrogen-bond acceptors (Lipinski definition) is 3. The van der Waals surface area contributed by atoms with Crippen LogP contribution in [0.15, 0.2) is 53.5 Å². The Morgan fingerprint density at radius 2 is 1.82 bits per heavy atom. The van der Waals surface area contributed by atoms with Crippen molar-refractivity contribution in [2.24, 2.45) is 4.99 Å². The topological polar surface area (TPSA) is 48.9 Å². The molecule has 0 atom stereocenters. The van der Waals surface area contributed by atoms with E-state index < -0.39 is 0 Å². The van der Waals surface area contributed by atoms with Crippen molar-refractivity contribution < 1.29 is 4.74 Å². The van der Waals surface area contributed by atoms with Crippen LogP contribution in [0.1, 0.15) is 11.1 Å². The summed E-state index contributed by atoms with van der Waals surface area (Å²) in [6.45, 7) is 3.06. The first-order valence-corrected chi connectivity index (χ1v) is 9.50. The SMILES string of the molecule is CN=C(NCCc1ccc(Cl)cc1)NCc1cccc(OCCN(C)C)c1.I.